The molecule has 0 saturated carbocycles. The summed E-state index contributed by atoms with van der Waals surface area (Å²) in [5.74, 6) is -0.219. The lowest BCUT2D eigenvalue weighted by molar-refractivity contribution is -0.141. The summed E-state index contributed by atoms with van der Waals surface area (Å²) < 4.78 is 12.1. The molecule has 8 heteroatoms. The number of esters is 1. The molecule has 0 unspecified atom stereocenters. The van der Waals surface area contributed by atoms with Gasteiger partial charge in [0.15, 0.2) is 6.61 Å². The number of carbonyl (C=O) groups excluding carboxylic acids is 2. The Morgan fingerprint density at radius 3 is 2.84 bits per heavy atom. The van der Waals surface area contributed by atoms with Crippen molar-refractivity contribution in [2.75, 3.05) is 13.7 Å². The number of hydrazone groups is 1. The van der Waals surface area contributed by atoms with Gasteiger partial charge in [-0.2, -0.15) is 5.10 Å². The summed E-state index contributed by atoms with van der Waals surface area (Å²) in [5, 5.41) is 5.87. The molecule has 2 aromatic heterocycles. The summed E-state index contributed by atoms with van der Waals surface area (Å²) in [5.41, 5.74) is 4.78. The van der Waals surface area contributed by atoms with Crippen molar-refractivity contribution in [3.8, 4) is 5.75 Å². The number of hydrogen-bond donors (Lipinski definition) is 1. The van der Waals surface area contributed by atoms with Crippen molar-refractivity contribution >= 4 is 39.9 Å². The lowest BCUT2D eigenvalue weighted by Crippen LogP contribution is -2.24. The van der Waals surface area contributed by atoms with Gasteiger partial charge in [-0.3, -0.25) is 14.6 Å². The molecule has 0 aliphatic carbocycles. The van der Waals surface area contributed by atoms with E-state index < -0.39 is 5.91 Å². The van der Waals surface area contributed by atoms with Gasteiger partial charge in [0, 0.05) is 34.2 Å². The molecular weight excluding hydrogens is 396 g/mol. The Hall–Kier alpha value is -4.20. The van der Waals surface area contributed by atoms with E-state index >= 15 is 0 Å². The molecule has 4 rings (SSSR count). The van der Waals surface area contributed by atoms with Crippen LogP contribution in [0.25, 0.3) is 21.8 Å². The van der Waals surface area contributed by atoms with Gasteiger partial charge in [0.05, 0.1) is 13.3 Å². The third-order valence-corrected chi connectivity index (χ3v) is 4.69. The van der Waals surface area contributed by atoms with Crippen molar-refractivity contribution in [2.45, 2.75) is 6.54 Å². The molecule has 0 radical (unpaired) electrons. The maximum atomic E-state index is 12.2. The minimum absolute atomic E-state index is 0.0874. The average Bonchev–Trinajstić information content (AvgIpc) is 3.15. The van der Waals surface area contributed by atoms with Crippen molar-refractivity contribution in [1.29, 1.82) is 0 Å². The fraction of sp³-hybridized carbons (Fsp3) is 0.130. The van der Waals surface area contributed by atoms with Crippen LogP contribution in [0.5, 0.6) is 5.75 Å². The van der Waals surface area contributed by atoms with Gasteiger partial charge in [0.1, 0.15) is 17.8 Å². The lowest BCUT2D eigenvalue weighted by Gasteiger charge is -2.07. The molecule has 0 aliphatic heterocycles. The van der Waals surface area contributed by atoms with Crippen LogP contribution in [0.15, 0.2) is 72.1 Å². The molecule has 0 aliphatic rings. The lowest BCUT2D eigenvalue weighted by atomic mass is 10.2. The molecule has 31 heavy (non-hydrogen) atoms. The average molecular weight is 416 g/mol. The van der Waals surface area contributed by atoms with Crippen LogP contribution in [-0.4, -0.2) is 41.4 Å². The molecule has 0 saturated heterocycles. The summed E-state index contributed by atoms with van der Waals surface area (Å²) in [4.78, 5) is 28.1. The number of aromatic nitrogens is 2. The molecule has 2 heterocycles. The molecule has 0 fully saturated rings. The summed E-state index contributed by atoms with van der Waals surface area (Å²) in [6.45, 7) is -0.110. The third-order valence-electron chi connectivity index (χ3n) is 4.69. The number of fused-ring (bicyclic) bond motifs is 2. The van der Waals surface area contributed by atoms with Crippen LogP contribution >= 0.6 is 0 Å². The van der Waals surface area contributed by atoms with E-state index in [2.05, 4.69) is 15.5 Å². The number of hydrogen-bond acceptors (Lipinski definition) is 6. The number of benzene rings is 2. The van der Waals surface area contributed by atoms with E-state index in [4.69, 9.17) is 9.47 Å². The first-order valence-corrected chi connectivity index (χ1v) is 9.59. The second kappa shape index (κ2) is 9.08. The van der Waals surface area contributed by atoms with E-state index in [1.165, 1.54) is 13.3 Å². The molecule has 2 aromatic carbocycles. The number of rotatable bonds is 7. The zero-order valence-corrected chi connectivity index (χ0v) is 16.8. The molecule has 0 bridgehead atoms. The van der Waals surface area contributed by atoms with Crippen LogP contribution in [0, 0.1) is 0 Å². The largest absolute Gasteiger partial charge is 0.481 e. The van der Waals surface area contributed by atoms with Gasteiger partial charge in [0.2, 0.25) is 0 Å². The van der Waals surface area contributed by atoms with Gasteiger partial charge in [-0.15, -0.1) is 0 Å². The fourth-order valence-corrected chi connectivity index (χ4v) is 3.25. The Morgan fingerprint density at radius 2 is 1.97 bits per heavy atom. The first-order valence-electron chi connectivity index (χ1n) is 9.59. The molecule has 0 atom stereocenters. The molecule has 1 amide bonds. The highest BCUT2D eigenvalue weighted by molar-refractivity contribution is 6.00. The Labute approximate surface area is 178 Å². The second-order valence-electron chi connectivity index (χ2n) is 6.72. The SMILES string of the molecule is COC(=O)Cn1cc(/C=N/NC(=O)COc2cccc3cccnc23)c2ccccc21. The standard InChI is InChI=1S/C23H20N4O4/c1-30-22(29)14-27-13-17(18-8-2-3-9-19(18)27)12-25-26-21(28)15-31-20-10-4-6-16-7-5-11-24-23(16)20/h2-13H,14-15H2,1H3,(H,26,28)/b25-12+. The van der Waals surface area contributed by atoms with Crippen molar-refractivity contribution in [2.24, 2.45) is 5.10 Å². The molecule has 8 nitrogen and oxygen atoms in total. The summed E-state index contributed by atoms with van der Waals surface area (Å²) in [7, 11) is 1.35. The maximum Gasteiger partial charge on any atom is 0.325 e. The van der Waals surface area contributed by atoms with Crippen LogP contribution < -0.4 is 10.2 Å². The number of methoxy groups -OCH3 is 1. The summed E-state index contributed by atoms with van der Waals surface area (Å²) in [6.07, 6.45) is 5.00. The van der Waals surface area contributed by atoms with Crippen LogP contribution in [0.1, 0.15) is 5.56 Å². The van der Waals surface area contributed by atoms with E-state index in [1.807, 2.05) is 48.5 Å². The molecule has 1 N–H and O–H groups in total. The number of nitrogens with zero attached hydrogens (tertiary/aromatic N) is 3. The van der Waals surface area contributed by atoms with Gasteiger partial charge in [-0.05, 0) is 18.2 Å². The second-order valence-corrected chi connectivity index (χ2v) is 6.72. The van der Waals surface area contributed by atoms with Gasteiger partial charge >= 0.3 is 5.97 Å². The minimum atomic E-state index is -0.400. The highest BCUT2D eigenvalue weighted by Crippen LogP contribution is 2.23. The zero-order chi connectivity index (χ0) is 21.6. The predicted molar refractivity (Wildman–Crippen MR) is 117 cm³/mol. The Bertz CT molecular complexity index is 1270. The Kier molecular flexibility index (Phi) is 5.89. The van der Waals surface area contributed by atoms with Crippen molar-refractivity contribution in [3.63, 3.8) is 0 Å². The highest BCUT2D eigenvalue weighted by atomic mass is 16.5. The third kappa shape index (κ3) is 4.53. The topological polar surface area (TPSA) is 94.8 Å². The Balaban J connectivity index is 1.42. The van der Waals surface area contributed by atoms with E-state index in [9.17, 15) is 9.59 Å². The number of ether oxygens (including phenoxy) is 2. The van der Waals surface area contributed by atoms with Crippen molar-refractivity contribution in [1.82, 2.24) is 15.0 Å². The van der Waals surface area contributed by atoms with Crippen LogP contribution in [-0.2, 0) is 20.9 Å². The summed E-state index contributed by atoms with van der Waals surface area (Å²) >= 11 is 0. The number of para-hydroxylation sites is 2. The van der Waals surface area contributed by atoms with E-state index in [0.29, 0.717) is 11.3 Å². The van der Waals surface area contributed by atoms with E-state index in [1.54, 1.807) is 23.0 Å². The van der Waals surface area contributed by atoms with Gasteiger partial charge in [-0.1, -0.05) is 36.4 Å². The summed E-state index contributed by atoms with van der Waals surface area (Å²) in [6, 6.07) is 16.9. The van der Waals surface area contributed by atoms with Crippen LogP contribution in [0.4, 0.5) is 0 Å². The van der Waals surface area contributed by atoms with Crippen molar-refractivity contribution < 1.29 is 19.1 Å². The highest BCUT2D eigenvalue weighted by Gasteiger charge is 2.10. The maximum absolute atomic E-state index is 12.2. The fourth-order valence-electron chi connectivity index (χ4n) is 3.25. The molecule has 0 spiro atoms. The molecule has 156 valence electrons. The predicted octanol–water partition coefficient (Wildman–Crippen LogP) is 2.89. The number of pyridine rings is 1. The molecular formula is C23H20N4O4. The first kappa shape index (κ1) is 20.1. The smallest absolute Gasteiger partial charge is 0.325 e. The van der Waals surface area contributed by atoms with Crippen molar-refractivity contribution in [3.05, 3.63) is 72.6 Å². The number of carbonyl (C=O) groups is 2. The van der Waals surface area contributed by atoms with E-state index in [-0.39, 0.29) is 19.1 Å². The van der Waals surface area contributed by atoms with Gasteiger partial charge in [-0.25, -0.2) is 5.43 Å². The number of nitrogens with one attached hydrogen (secondary N) is 1. The van der Waals surface area contributed by atoms with Crippen LogP contribution in [0.2, 0.25) is 0 Å². The first-order chi connectivity index (χ1) is 15.2. The van der Waals surface area contributed by atoms with Gasteiger partial charge in [0.25, 0.3) is 5.91 Å². The zero-order valence-electron chi connectivity index (χ0n) is 16.8. The minimum Gasteiger partial charge on any atom is -0.481 e. The monoisotopic (exact) mass is 416 g/mol. The normalized spacial score (nSPS) is 11.1. The van der Waals surface area contributed by atoms with Gasteiger partial charge < -0.3 is 14.0 Å². The quantitative estimate of drug-likeness (QED) is 0.284. The number of amides is 1. The molecule has 4 aromatic rings. The van der Waals surface area contributed by atoms with E-state index in [0.717, 1.165) is 21.9 Å². The van der Waals surface area contributed by atoms with Crippen LogP contribution in [0.3, 0.4) is 0 Å². The Morgan fingerprint density at radius 1 is 1.13 bits per heavy atom.